The molecule has 138 valence electrons. The molecule has 0 unspecified atom stereocenters. The summed E-state index contributed by atoms with van der Waals surface area (Å²) in [5.74, 6) is -1.64. The molecule has 0 saturated carbocycles. The van der Waals surface area contributed by atoms with Crippen molar-refractivity contribution in [3.63, 3.8) is 0 Å². The van der Waals surface area contributed by atoms with E-state index in [-0.39, 0.29) is 17.7 Å². The van der Waals surface area contributed by atoms with Gasteiger partial charge in [0.05, 0.1) is 11.7 Å². The first kappa shape index (κ1) is 19.2. The zero-order valence-electron chi connectivity index (χ0n) is 14.4. The van der Waals surface area contributed by atoms with Gasteiger partial charge in [-0.2, -0.15) is 0 Å². The van der Waals surface area contributed by atoms with E-state index in [2.05, 4.69) is 4.72 Å². The van der Waals surface area contributed by atoms with E-state index < -0.39 is 21.9 Å². The minimum atomic E-state index is -3.37. The Kier molecular flexibility index (Phi) is 6.05. The number of carboxylic acids is 1. The van der Waals surface area contributed by atoms with Gasteiger partial charge in [-0.25, -0.2) is 8.42 Å². The molecule has 7 nitrogen and oxygen atoms in total. The summed E-state index contributed by atoms with van der Waals surface area (Å²) in [4.78, 5) is 25.6. The molecule has 1 amide bonds. The molecule has 8 heteroatoms. The number of carbonyl (C=O) groups excluding carboxylic acids is 1. The first-order valence-corrected chi connectivity index (χ1v) is 10.0. The van der Waals surface area contributed by atoms with Crippen LogP contribution in [0.15, 0.2) is 24.3 Å². The Morgan fingerprint density at radius 3 is 2.48 bits per heavy atom. The first-order chi connectivity index (χ1) is 11.7. The van der Waals surface area contributed by atoms with Gasteiger partial charge in [0.15, 0.2) is 0 Å². The van der Waals surface area contributed by atoms with E-state index in [9.17, 15) is 23.1 Å². The van der Waals surface area contributed by atoms with Gasteiger partial charge < -0.3 is 10.0 Å². The molecule has 1 heterocycles. The van der Waals surface area contributed by atoms with Crippen LogP contribution >= 0.6 is 0 Å². The fourth-order valence-corrected chi connectivity index (χ4v) is 4.24. The summed E-state index contributed by atoms with van der Waals surface area (Å²) in [5, 5.41) is 9.26. The third kappa shape index (κ3) is 4.72. The number of nitrogens with zero attached hydrogens (tertiary/aromatic N) is 1. The molecule has 25 heavy (non-hydrogen) atoms. The number of rotatable bonds is 6. The Morgan fingerprint density at radius 2 is 1.92 bits per heavy atom. The molecule has 1 aromatic rings. The lowest BCUT2D eigenvalue weighted by Gasteiger charge is -2.37. The number of aliphatic carboxylic acids is 1. The predicted octanol–water partition coefficient (Wildman–Crippen LogP) is 2.16. The van der Waals surface area contributed by atoms with Crippen molar-refractivity contribution < 1.29 is 23.1 Å². The first-order valence-electron chi connectivity index (χ1n) is 8.39. The molecule has 1 saturated heterocycles. The smallest absolute Gasteiger partial charge is 0.308 e. The number of piperidine rings is 1. The fraction of sp³-hybridized carbons (Fsp3) is 0.529. The summed E-state index contributed by atoms with van der Waals surface area (Å²) < 4.78 is 26.0. The summed E-state index contributed by atoms with van der Waals surface area (Å²) in [7, 11) is -3.37. The van der Waals surface area contributed by atoms with Gasteiger partial charge in [0.2, 0.25) is 10.0 Å². The highest BCUT2D eigenvalue weighted by molar-refractivity contribution is 7.92. The number of likely N-dealkylation sites (tertiary alicyclic amines) is 1. The fourth-order valence-electron chi connectivity index (χ4n) is 3.11. The molecule has 0 radical (unpaired) electrons. The van der Waals surface area contributed by atoms with Crippen LogP contribution in [0.2, 0.25) is 0 Å². The van der Waals surface area contributed by atoms with E-state index >= 15 is 0 Å². The monoisotopic (exact) mass is 368 g/mol. The molecule has 1 aromatic carbocycles. The summed E-state index contributed by atoms with van der Waals surface area (Å²) >= 11 is 0. The summed E-state index contributed by atoms with van der Waals surface area (Å²) in [6.45, 7) is 4.06. The van der Waals surface area contributed by atoms with Gasteiger partial charge in [0.25, 0.3) is 5.91 Å². The quantitative estimate of drug-likeness (QED) is 0.801. The van der Waals surface area contributed by atoms with Crippen molar-refractivity contribution in [2.45, 2.75) is 39.2 Å². The van der Waals surface area contributed by atoms with Gasteiger partial charge in [0.1, 0.15) is 0 Å². The molecule has 0 aliphatic carbocycles. The lowest BCUT2D eigenvalue weighted by atomic mass is 9.90. The van der Waals surface area contributed by atoms with E-state index in [1.54, 1.807) is 43.0 Å². The van der Waals surface area contributed by atoms with E-state index in [0.717, 1.165) is 0 Å². The molecular formula is C17H24N2O5S. The maximum atomic E-state index is 12.7. The molecule has 2 rings (SSSR count). The maximum Gasteiger partial charge on any atom is 0.308 e. The number of carbonyl (C=O) groups is 2. The predicted molar refractivity (Wildman–Crippen MR) is 95.0 cm³/mol. The normalized spacial score (nSPS) is 21.0. The van der Waals surface area contributed by atoms with Crippen molar-refractivity contribution >= 4 is 27.6 Å². The Morgan fingerprint density at radius 1 is 1.28 bits per heavy atom. The van der Waals surface area contributed by atoms with Gasteiger partial charge in [0, 0.05) is 23.8 Å². The highest BCUT2D eigenvalue weighted by Gasteiger charge is 2.35. The van der Waals surface area contributed by atoms with Gasteiger partial charge in [-0.3, -0.25) is 14.3 Å². The SMILES string of the molecule is CCCS(=O)(=O)Nc1ccc(C(=O)N2CCC[C@H](C(=O)O)[C@@H]2C)cc1. The average molecular weight is 368 g/mol. The van der Waals surface area contributed by atoms with Crippen LogP contribution in [0.5, 0.6) is 0 Å². The van der Waals surface area contributed by atoms with Gasteiger partial charge in [-0.1, -0.05) is 6.92 Å². The Hall–Kier alpha value is -2.09. The van der Waals surface area contributed by atoms with Crippen LogP contribution in [-0.2, 0) is 14.8 Å². The van der Waals surface area contributed by atoms with Crippen LogP contribution in [0.25, 0.3) is 0 Å². The number of nitrogens with one attached hydrogen (secondary N) is 1. The minimum Gasteiger partial charge on any atom is -0.481 e. The van der Waals surface area contributed by atoms with Crippen molar-refractivity contribution in [1.82, 2.24) is 4.90 Å². The molecule has 0 spiro atoms. The molecule has 0 bridgehead atoms. The summed E-state index contributed by atoms with van der Waals surface area (Å²) in [5.41, 5.74) is 0.816. The van der Waals surface area contributed by atoms with Gasteiger partial charge in [-0.05, 0) is 50.5 Å². The van der Waals surface area contributed by atoms with Crippen LogP contribution in [0.3, 0.4) is 0 Å². The van der Waals surface area contributed by atoms with Gasteiger partial charge in [-0.15, -0.1) is 0 Å². The molecule has 2 N–H and O–H groups in total. The molecular weight excluding hydrogens is 344 g/mol. The lowest BCUT2D eigenvalue weighted by Crippen LogP contribution is -2.49. The number of hydrogen-bond donors (Lipinski definition) is 2. The zero-order valence-corrected chi connectivity index (χ0v) is 15.3. The Bertz CT molecular complexity index is 730. The summed E-state index contributed by atoms with van der Waals surface area (Å²) in [6, 6.07) is 5.83. The minimum absolute atomic E-state index is 0.0373. The van der Waals surface area contributed by atoms with Crippen molar-refractivity contribution in [1.29, 1.82) is 0 Å². The van der Waals surface area contributed by atoms with E-state index in [1.807, 2.05) is 0 Å². The third-order valence-corrected chi connectivity index (χ3v) is 5.94. The van der Waals surface area contributed by atoms with Crippen molar-refractivity contribution in [3.8, 4) is 0 Å². The zero-order chi connectivity index (χ0) is 18.6. The highest BCUT2D eigenvalue weighted by Crippen LogP contribution is 2.25. The number of anilines is 1. The standard InChI is InChI=1S/C17H24N2O5S/c1-3-11-25(23,24)18-14-8-6-13(7-9-14)16(20)19-10-4-5-15(12(19)2)17(21)22/h6-9,12,15,18H,3-5,10-11H2,1-2H3,(H,21,22)/t12-,15-/m0/s1. The second-order valence-electron chi connectivity index (χ2n) is 6.32. The van der Waals surface area contributed by atoms with E-state index in [4.69, 9.17) is 0 Å². The van der Waals surface area contributed by atoms with Crippen LogP contribution < -0.4 is 4.72 Å². The van der Waals surface area contributed by atoms with Gasteiger partial charge >= 0.3 is 5.97 Å². The van der Waals surface area contributed by atoms with Crippen LogP contribution in [-0.4, -0.2) is 48.6 Å². The number of hydrogen-bond acceptors (Lipinski definition) is 4. The Balaban J connectivity index is 2.11. The number of benzene rings is 1. The van der Waals surface area contributed by atoms with Crippen molar-refractivity contribution in [3.05, 3.63) is 29.8 Å². The van der Waals surface area contributed by atoms with Crippen molar-refractivity contribution in [2.24, 2.45) is 5.92 Å². The van der Waals surface area contributed by atoms with E-state index in [1.165, 1.54) is 0 Å². The molecule has 1 aliphatic heterocycles. The highest BCUT2D eigenvalue weighted by atomic mass is 32.2. The second kappa shape index (κ2) is 7.86. The van der Waals surface area contributed by atoms with Crippen LogP contribution in [0, 0.1) is 5.92 Å². The summed E-state index contributed by atoms with van der Waals surface area (Å²) in [6.07, 6.45) is 1.74. The third-order valence-electron chi connectivity index (χ3n) is 4.44. The maximum absolute atomic E-state index is 12.7. The number of carboxylic acid groups (broad SMARTS) is 1. The number of amides is 1. The van der Waals surface area contributed by atoms with Crippen molar-refractivity contribution in [2.75, 3.05) is 17.0 Å². The largest absolute Gasteiger partial charge is 0.481 e. The van der Waals surface area contributed by atoms with Crippen LogP contribution in [0.4, 0.5) is 5.69 Å². The second-order valence-corrected chi connectivity index (χ2v) is 8.17. The topological polar surface area (TPSA) is 104 Å². The molecule has 1 aliphatic rings. The Labute approximate surface area is 148 Å². The number of sulfonamides is 1. The average Bonchev–Trinajstić information content (AvgIpc) is 2.54. The lowest BCUT2D eigenvalue weighted by molar-refractivity contribution is -0.144. The molecule has 1 fully saturated rings. The van der Waals surface area contributed by atoms with Crippen LogP contribution in [0.1, 0.15) is 43.5 Å². The van der Waals surface area contributed by atoms with E-state index in [0.29, 0.717) is 37.1 Å². The molecule has 0 aromatic heterocycles. The molecule has 2 atom stereocenters.